The summed E-state index contributed by atoms with van der Waals surface area (Å²) in [5.74, 6) is 0. The van der Waals surface area contributed by atoms with Gasteiger partial charge < -0.3 is 19.0 Å². The molecule has 0 aromatic heterocycles. The van der Waals surface area contributed by atoms with Gasteiger partial charge >= 0.3 is 0 Å². The monoisotopic (exact) mass is 154 g/mol. The molecule has 0 aliphatic rings. The summed E-state index contributed by atoms with van der Waals surface area (Å²) in [6.07, 6.45) is 0. The van der Waals surface area contributed by atoms with E-state index in [0.717, 1.165) is 0 Å². The second-order valence-corrected chi connectivity index (χ2v) is 5.03. The molecule has 4 nitrogen and oxygen atoms in total. The van der Waals surface area contributed by atoms with Crippen LogP contribution in [0.25, 0.3) is 0 Å². The molecule has 0 bridgehead atoms. The number of rotatable bonds is 4. The third-order valence-corrected chi connectivity index (χ3v) is 3.62. The van der Waals surface area contributed by atoms with Gasteiger partial charge in [-0.2, -0.15) is 0 Å². The van der Waals surface area contributed by atoms with Crippen molar-refractivity contribution in [2.24, 2.45) is 10.8 Å². The second-order valence-electron chi connectivity index (χ2n) is 0.859. The third kappa shape index (κ3) is 6.49. The average molecular weight is 154 g/mol. The molecular weight excluding hydrogens is 144 g/mol. The van der Waals surface area contributed by atoms with Crippen molar-refractivity contribution < 1.29 is 8.23 Å². The Bertz CT molecular complexity index is 30.1. The van der Waals surface area contributed by atoms with E-state index in [2.05, 4.69) is 0 Å². The maximum atomic E-state index is 5.12. The van der Waals surface area contributed by atoms with Crippen LogP contribution in [0.2, 0.25) is 0 Å². The molecule has 0 aromatic rings. The molecule has 0 atom stereocenters. The maximum Gasteiger partial charge on any atom is 0.284 e. The van der Waals surface area contributed by atoms with Gasteiger partial charge in [0.05, 0.1) is 0 Å². The van der Waals surface area contributed by atoms with Gasteiger partial charge in [-0.3, -0.25) is 0 Å². The van der Waals surface area contributed by atoms with E-state index < -0.39 is 29.9 Å². The van der Waals surface area contributed by atoms with Crippen LogP contribution in [0.15, 0.2) is 0 Å². The van der Waals surface area contributed by atoms with Crippen LogP contribution in [0.4, 0.5) is 0 Å². The highest BCUT2D eigenvalue weighted by atomic mass is 28.4. The fourth-order valence-corrected chi connectivity index (χ4v) is 2.46. The molecule has 0 saturated carbocycles. The Morgan fingerprint density at radius 3 is 1.71 bits per heavy atom. The standard InChI is InChI=1S/H10N2O2Si3/c1-5-3-7-4-6-2/h1-2,5-7H2. The van der Waals surface area contributed by atoms with Crippen LogP contribution in [-0.4, -0.2) is 29.9 Å². The fourth-order valence-electron chi connectivity index (χ4n) is 0.155. The molecule has 7 heteroatoms. The maximum absolute atomic E-state index is 5.12. The Labute approximate surface area is 49.7 Å². The van der Waals surface area contributed by atoms with Crippen molar-refractivity contribution in [3.05, 3.63) is 0 Å². The van der Waals surface area contributed by atoms with Gasteiger partial charge in [0, 0.05) is 0 Å². The predicted octanol–water partition coefficient (Wildman–Crippen LogP) is -4.07. The zero-order chi connectivity index (χ0) is 5.54. The van der Waals surface area contributed by atoms with Crippen molar-refractivity contribution in [1.29, 1.82) is 0 Å². The molecule has 7 heavy (non-hydrogen) atoms. The van der Waals surface area contributed by atoms with Crippen molar-refractivity contribution in [2.45, 2.75) is 0 Å². The van der Waals surface area contributed by atoms with E-state index in [0.29, 0.717) is 0 Å². The van der Waals surface area contributed by atoms with Crippen LogP contribution in [0, 0.1) is 0 Å². The zero-order valence-corrected chi connectivity index (χ0v) is 8.34. The van der Waals surface area contributed by atoms with Crippen molar-refractivity contribution in [1.82, 2.24) is 0 Å². The van der Waals surface area contributed by atoms with Crippen molar-refractivity contribution in [3.8, 4) is 0 Å². The lowest BCUT2D eigenvalue weighted by Gasteiger charge is -1.96. The van der Waals surface area contributed by atoms with E-state index >= 15 is 0 Å². The van der Waals surface area contributed by atoms with E-state index in [9.17, 15) is 0 Å². The molecule has 0 radical (unpaired) electrons. The van der Waals surface area contributed by atoms with E-state index in [4.69, 9.17) is 19.0 Å². The van der Waals surface area contributed by atoms with Gasteiger partial charge in [0.2, 0.25) is 19.8 Å². The van der Waals surface area contributed by atoms with E-state index in [1.54, 1.807) is 0 Å². The van der Waals surface area contributed by atoms with Gasteiger partial charge in [-0.15, -0.1) is 0 Å². The minimum Gasteiger partial charge on any atom is -0.433 e. The summed E-state index contributed by atoms with van der Waals surface area (Å²) in [7, 11) is -2.12. The predicted molar refractivity (Wildman–Crippen MR) is 36.2 cm³/mol. The fraction of sp³-hybridized carbons (Fsp3) is 0. The summed E-state index contributed by atoms with van der Waals surface area (Å²) in [6, 6.07) is 0. The first-order chi connectivity index (χ1) is 3.41. The van der Waals surface area contributed by atoms with Crippen LogP contribution in [0.3, 0.4) is 0 Å². The minimum atomic E-state index is -0.715. The topological polar surface area (TPSA) is 70.5 Å². The molecule has 0 unspecified atom stereocenters. The molecule has 0 amide bonds. The van der Waals surface area contributed by atoms with Gasteiger partial charge in [-0.05, 0) is 0 Å². The molecular formula is H10N2O2Si3. The van der Waals surface area contributed by atoms with Crippen LogP contribution in [0.5, 0.6) is 0 Å². The molecule has 0 aliphatic heterocycles. The lowest BCUT2D eigenvalue weighted by atomic mass is 13.9. The molecule has 44 valence electrons. The molecule has 0 spiro atoms. The second kappa shape index (κ2) is 6.49. The Hall–Kier alpha value is 0.491. The Morgan fingerprint density at radius 2 is 1.43 bits per heavy atom. The van der Waals surface area contributed by atoms with Gasteiger partial charge in [0.1, 0.15) is 0 Å². The highest BCUT2D eigenvalue weighted by Gasteiger charge is 1.80. The largest absolute Gasteiger partial charge is 0.433 e. The first kappa shape index (κ1) is 7.49. The molecule has 0 saturated heterocycles. The summed E-state index contributed by atoms with van der Waals surface area (Å²) in [5.41, 5.74) is 0. The van der Waals surface area contributed by atoms with E-state index in [-0.39, 0.29) is 0 Å². The van der Waals surface area contributed by atoms with Crippen LogP contribution >= 0.6 is 0 Å². The number of hydrogen-bond acceptors (Lipinski definition) is 4. The zero-order valence-electron chi connectivity index (χ0n) is 4.09. The summed E-state index contributed by atoms with van der Waals surface area (Å²) in [5, 5.41) is 10.2. The van der Waals surface area contributed by atoms with Crippen molar-refractivity contribution >= 4 is 29.9 Å². The molecule has 4 N–H and O–H groups in total. The summed E-state index contributed by atoms with van der Waals surface area (Å²) in [4.78, 5) is 0. The van der Waals surface area contributed by atoms with Crippen molar-refractivity contribution in [2.75, 3.05) is 0 Å². The van der Waals surface area contributed by atoms with Gasteiger partial charge in [-0.1, -0.05) is 0 Å². The van der Waals surface area contributed by atoms with Gasteiger partial charge in [0.15, 0.2) is 0 Å². The number of hydrogen-bond donors (Lipinski definition) is 2. The molecule has 0 aromatic carbocycles. The first-order valence-corrected chi connectivity index (χ1v) is 5.91. The quantitative estimate of drug-likeness (QED) is 0.319. The Balaban J connectivity index is 2.45. The van der Waals surface area contributed by atoms with Gasteiger partial charge in [0.25, 0.3) is 10.0 Å². The molecule has 0 aliphatic carbocycles. The van der Waals surface area contributed by atoms with Crippen LogP contribution < -0.4 is 10.8 Å². The van der Waals surface area contributed by atoms with Crippen LogP contribution in [-0.2, 0) is 8.23 Å². The molecule has 0 rings (SSSR count). The highest BCUT2D eigenvalue weighted by molar-refractivity contribution is 6.42. The number of nitrogens with two attached hydrogens (primary N) is 2. The highest BCUT2D eigenvalue weighted by Crippen LogP contribution is 1.59. The minimum absolute atomic E-state index is 0.703. The third-order valence-electron chi connectivity index (χ3n) is 0.402. The van der Waals surface area contributed by atoms with E-state index in [1.165, 1.54) is 0 Å². The van der Waals surface area contributed by atoms with Crippen molar-refractivity contribution in [3.63, 3.8) is 0 Å². The molecule has 0 fully saturated rings. The smallest absolute Gasteiger partial charge is 0.284 e. The SMILES string of the molecule is N[SiH2]O[SiH2]O[SiH2]N. The summed E-state index contributed by atoms with van der Waals surface area (Å²) in [6.45, 7) is 0. The lowest BCUT2D eigenvalue weighted by Crippen LogP contribution is -2.20. The van der Waals surface area contributed by atoms with E-state index in [1.807, 2.05) is 0 Å². The normalized spacial score (nSPS) is 14.6. The summed E-state index contributed by atoms with van der Waals surface area (Å²) >= 11 is 0. The lowest BCUT2D eigenvalue weighted by molar-refractivity contribution is 0.493. The van der Waals surface area contributed by atoms with Crippen LogP contribution in [0.1, 0.15) is 0 Å². The molecule has 0 heterocycles. The first-order valence-electron chi connectivity index (χ1n) is 1.97. The Morgan fingerprint density at radius 1 is 1.00 bits per heavy atom. The summed E-state index contributed by atoms with van der Waals surface area (Å²) < 4.78 is 9.72. The Kier molecular flexibility index (Phi) is 6.95. The van der Waals surface area contributed by atoms with Gasteiger partial charge in [-0.25, -0.2) is 0 Å². The average Bonchev–Trinajstić information content (AvgIpc) is 1.69.